The largest absolute Gasteiger partial charge is 0.329 e. The molecular weight excluding hydrogens is 198 g/mol. The van der Waals surface area contributed by atoms with Crippen LogP contribution in [0.1, 0.15) is 31.4 Å². The van der Waals surface area contributed by atoms with Gasteiger partial charge in [0, 0.05) is 31.0 Å². The summed E-state index contributed by atoms with van der Waals surface area (Å²) in [7, 11) is 2.17. The van der Waals surface area contributed by atoms with E-state index in [9.17, 15) is 0 Å². The maximum absolute atomic E-state index is 5.87. The van der Waals surface area contributed by atoms with E-state index in [-0.39, 0.29) is 0 Å². The second-order valence-corrected chi connectivity index (χ2v) is 4.77. The van der Waals surface area contributed by atoms with Crippen molar-refractivity contribution < 1.29 is 0 Å². The molecule has 1 aromatic heterocycles. The Labute approximate surface area is 97.7 Å². The first-order valence-electron chi connectivity index (χ1n) is 6.06. The number of aromatic nitrogens is 1. The summed E-state index contributed by atoms with van der Waals surface area (Å²) in [6.07, 6.45) is 6.44. The third-order valence-corrected chi connectivity index (χ3v) is 3.71. The smallest absolute Gasteiger partial charge is 0.0335 e. The molecule has 1 aliphatic rings. The highest BCUT2D eigenvalue weighted by atomic mass is 15.2. The molecule has 1 fully saturated rings. The van der Waals surface area contributed by atoms with Crippen LogP contribution in [0.2, 0.25) is 0 Å². The Morgan fingerprint density at radius 3 is 2.81 bits per heavy atom. The number of nitrogens with zero attached hydrogens (tertiary/aromatic N) is 2. The van der Waals surface area contributed by atoms with E-state index in [1.807, 2.05) is 18.5 Å². The summed E-state index contributed by atoms with van der Waals surface area (Å²) in [4.78, 5) is 6.57. The Bertz CT molecular complexity index is 321. The lowest BCUT2D eigenvalue weighted by Crippen LogP contribution is -2.41. The van der Waals surface area contributed by atoms with Crippen molar-refractivity contribution >= 4 is 0 Å². The summed E-state index contributed by atoms with van der Waals surface area (Å²) < 4.78 is 0. The molecule has 3 heteroatoms. The highest BCUT2D eigenvalue weighted by molar-refractivity contribution is 5.13. The average molecular weight is 219 g/mol. The monoisotopic (exact) mass is 219 g/mol. The van der Waals surface area contributed by atoms with E-state index in [1.165, 1.54) is 18.4 Å². The molecule has 2 unspecified atom stereocenters. The number of hydrogen-bond donors (Lipinski definition) is 1. The molecule has 1 aliphatic carbocycles. The molecule has 0 aromatic carbocycles. The van der Waals surface area contributed by atoms with Gasteiger partial charge in [-0.2, -0.15) is 0 Å². The van der Waals surface area contributed by atoms with Crippen molar-refractivity contribution in [3.63, 3.8) is 0 Å². The molecule has 88 valence electrons. The molecular formula is C13H21N3. The number of nitrogens with two attached hydrogens (primary N) is 1. The zero-order valence-corrected chi connectivity index (χ0v) is 10.1. The van der Waals surface area contributed by atoms with Crippen LogP contribution in [0, 0.1) is 5.92 Å². The normalized spacial score (nSPS) is 19.8. The molecule has 0 amide bonds. The zero-order chi connectivity index (χ0) is 11.5. The average Bonchev–Trinajstić information content (AvgIpc) is 3.14. The molecule has 0 aliphatic heterocycles. The van der Waals surface area contributed by atoms with Crippen molar-refractivity contribution in [1.29, 1.82) is 0 Å². The third kappa shape index (κ3) is 2.42. The SMILES string of the molecule is CC(c1cccnc1)N(C)C(CN)C1CC1. The van der Waals surface area contributed by atoms with E-state index >= 15 is 0 Å². The second-order valence-electron chi connectivity index (χ2n) is 4.77. The molecule has 2 rings (SSSR count). The summed E-state index contributed by atoms with van der Waals surface area (Å²) in [6.45, 7) is 2.98. The zero-order valence-electron chi connectivity index (χ0n) is 10.1. The molecule has 16 heavy (non-hydrogen) atoms. The lowest BCUT2D eigenvalue weighted by molar-refractivity contribution is 0.170. The Hall–Kier alpha value is -0.930. The Balaban J connectivity index is 2.05. The molecule has 2 atom stereocenters. The van der Waals surface area contributed by atoms with E-state index in [0.717, 1.165) is 12.5 Å². The van der Waals surface area contributed by atoms with Crippen LogP contribution in [-0.2, 0) is 0 Å². The minimum atomic E-state index is 0.392. The molecule has 1 heterocycles. The van der Waals surface area contributed by atoms with Gasteiger partial charge < -0.3 is 5.73 Å². The quantitative estimate of drug-likeness (QED) is 0.821. The molecule has 1 aromatic rings. The highest BCUT2D eigenvalue weighted by Crippen LogP contribution is 2.36. The Kier molecular flexibility index (Phi) is 3.56. The molecule has 0 bridgehead atoms. The lowest BCUT2D eigenvalue weighted by Gasteiger charge is -2.32. The van der Waals surface area contributed by atoms with E-state index in [1.54, 1.807) is 0 Å². The fraction of sp³-hybridized carbons (Fsp3) is 0.615. The van der Waals surface area contributed by atoms with Crippen LogP contribution in [0.4, 0.5) is 0 Å². The molecule has 2 N–H and O–H groups in total. The summed E-state index contributed by atoms with van der Waals surface area (Å²) in [6, 6.07) is 5.04. The van der Waals surface area contributed by atoms with Crippen molar-refractivity contribution in [2.45, 2.75) is 31.8 Å². The topological polar surface area (TPSA) is 42.2 Å². The minimum Gasteiger partial charge on any atom is -0.329 e. The van der Waals surface area contributed by atoms with Gasteiger partial charge in [-0.3, -0.25) is 9.88 Å². The van der Waals surface area contributed by atoms with Gasteiger partial charge in [-0.25, -0.2) is 0 Å². The first-order chi connectivity index (χ1) is 7.74. The number of pyridine rings is 1. The van der Waals surface area contributed by atoms with E-state index in [2.05, 4.69) is 29.9 Å². The summed E-state index contributed by atoms with van der Waals surface area (Å²) in [5.41, 5.74) is 7.14. The fourth-order valence-corrected chi connectivity index (χ4v) is 2.32. The van der Waals surface area contributed by atoms with Gasteiger partial charge in [0.1, 0.15) is 0 Å². The Morgan fingerprint density at radius 2 is 2.31 bits per heavy atom. The third-order valence-electron chi connectivity index (χ3n) is 3.71. The lowest BCUT2D eigenvalue weighted by atomic mass is 10.1. The van der Waals surface area contributed by atoms with Gasteiger partial charge >= 0.3 is 0 Å². The van der Waals surface area contributed by atoms with Crippen LogP contribution in [0.3, 0.4) is 0 Å². The van der Waals surface area contributed by atoms with Crippen molar-refractivity contribution in [2.75, 3.05) is 13.6 Å². The van der Waals surface area contributed by atoms with E-state index in [4.69, 9.17) is 5.73 Å². The van der Waals surface area contributed by atoms with Crippen molar-refractivity contribution in [3.8, 4) is 0 Å². The summed E-state index contributed by atoms with van der Waals surface area (Å²) in [5, 5.41) is 0. The van der Waals surface area contributed by atoms with Gasteiger partial charge in [-0.05, 0) is 44.4 Å². The van der Waals surface area contributed by atoms with Crippen LogP contribution < -0.4 is 5.73 Å². The van der Waals surface area contributed by atoms with Crippen LogP contribution in [0.15, 0.2) is 24.5 Å². The number of rotatable bonds is 5. The standard InChI is InChI=1S/C13H21N3/c1-10(12-4-3-7-15-9-12)16(2)13(8-14)11-5-6-11/h3-4,7,9-11,13H,5-6,8,14H2,1-2H3. The molecule has 3 nitrogen and oxygen atoms in total. The summed E-state index contributed by atoms with van der Waals surface area (Å²) >= 11 is 0. The number of likely N-dealkylation sites (N-methyl/N-ethyl adjacent to an activating group) is 1. The first kappa shape index (κ1) is 11.6. The van der Waals surface area contributed by atoms with Gasteiger partial charge in [0.25, 0.3) is 0 Å². The molecule has 0 saturated heterocycles. The van der Waals surface area contributed by atoms with Crippen molar-refractivity contribution in [3.05, 3.63) is 30.1 Å². The fourth-order valence-electron chi connectivity index (χ4n) is 2.32. The predicted molar refractivity (Wildman–Crippen MR) is 66.0 cm³/mol. The van der Waals surface area contributed by atoms with Gasteiger partial charge in [0.15, 0.2) is 0 Å². The van der Waals surface area contributed by atoms with Crippen molar-refractivity contribution in [2.24, 2.45) is 11.7 Å². The predicted octanol–water partition coefficient (Wildman–Crippen LogP) is 1.81. The van der Waals surface area contributed by atoms with Crippen LogP contribution >= 0.6 is 0 Å². The maximum Gasteiger partial charge on any atom is 0.0335 e. The Morgan fingerprint density at radius 1 is 1.56 bits per heavy atom. The van der Waals surface area contributed by atoms with Crippen LogP contribution in [0.5, 0.6) is 0 Å². The first-order valence-corrected chi connectivity index (χ1v) is 6.06. The van der Waals surface area contributed by atoms with Crippen LogP contribution in [-0.4, -0.2) is 29.5 Å². The maximum atomic E-state index is 5.87. The van der Waals surface area contributed by atoms with Gasteiger partial charge in [-0.1, -0.05) is 6.07 Å². The molecule has 1 saturated carbocycles. The van der Waals surface area contributed by atoms with Gasteiger partial charge in [-0.15, -0.1) is 0 Å². The highest BCUT2D eigenvalue weighted by Gasteiger charge is 2.34. The minimum absolute atomic E-state index is 0.392. The van der Waals surface area contributed by atoms with Crippen LogP contribution in [0.25, 0.3) is 0 Å². The summed E-state index contributed by atoms with van der Waals surface area (Å²) in [5.74, 6) is 0.814. The molecule has 0 spiro atoms. The number of hydrogen-bond acceptors (Lipinski definition) is 3. The van der Waals surface area contributed by atoms with E-state index in [0.29, 0.717) is 12.1 Å². The van der Waals surface area contributed by atoms with Gasteiger partial charge in [0.2, 0.25) is 0 Å². The molecule has 0 radical (unpaired) electrons. The van der Waals surface area contributed by atoms with E-state index < -0.39 is 0 Å². The van der Waals surface area contributed by atoms with Crippen molar-refractivity contribution in [1.82, 2.24) is 9.88 Å². The van der Waals surface area contributed by atoms with Gasteiger partial charge in [0.05, 0.1) is 0 Å². The second kappa shape index (κ2) is 4.93.